The first-order valence-electron chi connectivity index (χ1n) is 3.16. The molecule has 0 rings (SSSR count). The number of nitrogens with zero attached hydrogens (tertiary/aromatic N) is 1. The van der Waals surface area contributed by atoms with E-state index in [0.29, 0.717) is 13.1 Å². The second-order valence-corrected chi connectivity index (χ2v) is 2.30. The van der Waals surface area contributed by atoms with Crippen LogP contribution in [0.3, 0.4) is 0 Å². The van der Waals surface area contributed by atoms with Gasteiger partial charge in [-0.3, -0.25) is 0 Å². The van der Waals surface area contributed by atoms with Crippen molar-refractivity contribution < 1.29 is 9.19 Å². The molecule has 0 spiro atoms. The van der Waals surface area contributed by atoms with E-state index in [2.05, 4.69) is 0 Å². The molecule has 0 fully saturated rings. The summed E-state index contributed by atoms with van der Waals surface area (Å²) in [7, 11) is 1.60. The van der Waals surface area contributed by atoms with Gasteiger partial charge >= 0.3 is 0 Å². The molecule has 0 saturated carbocycles. The smallest absolute Gasteiger partial charge is 0.114 e. The predicted octanol–water partition coefficient (Wildman–Crippen LogP) is 1.75. The van der Waals surface area contributed by atoms with Crippen molar-refractivity contribution in [2.24, 2.45) is 0 Å². The molecule has 0 aliphatic carbocycles. The SMILES string of the molecule is CCC[N+](C)(F)CC. The van der Waals surface area contributed by atoms with E-state index < -0.39 is 0 Å². The van der Waals surface area contributed by atoms with Crippen molar-refractivity contribution in [3.63, 3.8) is 0 Å². The normalized spacial score (nSPS) is 18.0. The third kappa shape index (κ3) is 2.97. The molecular formula is C6H15FN+. The Morgan fingerprint density at radius 3 is 2.00 bits per heavy atom. The van der Waals surface area contributed by atoms with Crippen LogP contribution in [0, 0.1) is 0 Å². The number of hydrogen-bond acceptors (Lipinski definition) is 0. The van der Waals surface area contributed by atoms with E-state index in [1.165, 1.54) is 0 Å². The third-order valence-electron chi connectivity index (χ3n) is 1.35. The van der Waals surface area contributed by atoms with E-state index in [-0.39, 0.29) is 4.71 Å². The summed E-state index contributed by atoms with van der Waals surface area (Å²) in [5.74, 6) is 0. The van der Waals surface area contributed by atoms with Gasteiger partial charge in [-0.1, -0.05) is 6.92 Å². The Balaban J connectivity index is 3.37. The van der Waals surface area contributed by atoms with Crippen molar-refractivity contribution in [3.05, 3.63) is 0 Å². The van der Waals surface area contributed by atoms with Crippen molar-refractivity contribution in [1.82, 2.24) is 0 Å². The molecule has 50 valence electrons. The quantitative estimate of drug-likeness (QED) is 0.498. The summed E-state index contributed by atoms with van der Waals surface area (Å²) in [5.41, 5.74) is 0. The van der Waals surface area contributed by atoms with E-state index in [0.717, 1.165) is 6.42 Å². The predicted molar refractivity (Wildman–Crippen MR) is 33.0 cm³/mol. The minimum Gasteiger partial charge on any atom is -0.133 e. The van der Waals surface area contributed by atoms with Crippen molar-refractivity contribution in [3.8, 4) is 0 Å². The fourth-order valence-corrected chi connectivity index (χ4v) is 0.624. The van der Waals surface area contributed by atoms with Gasteiger partial charge in [0.25, 0.3) is 0 Å². The zero-order valence-electron chi connectivity index (χ0n) is 5.95. The molecule has 0 aromatic heterocycles. The minimum atomic E-state index is -0.337. The van der Waals surface area contributed by atoms with Crippen LogP contribution < -0.4 is 0 Å². The molecule has 0 amide bonds. The van der Waals surface area contributed by atoms with Crippen LogP contribution in [0.5, 0.6) is 0 Å². The summed E-state index contributed by atoms with van der Waals surface area (Å²) in [4.78, 5) is 0. The lowest BCUT2D eigenvalue weighted by atomic mass is 10.4. The lowest BCUT2D eigenvalue weighted by molar-refractivity contribution is -1.04. The molecule has 0 bridgehead atoms. The Labute approximate surface area is 50.6 Å². The molecule has 0 heterocycles. The first kappa shape index (κ1) is 7.89. The minimum absolute atomic E-state index is 0.337. The van der Waals surface area contributed by atoms with Crippen molar-refractivity contribution in [2.75, 3.05) is 20.1 Å². The highest BCUT2D eigenvalue weighted by atomic mass is 19.2. The maximum absolute atomic E-state index is 12.8. The number of hydrogen-bond donors (Lipinski definition) is 0. The van der Waals surface area contributed by atoms with Gasteiger partial charge in [-0.15, -0.1) is 4.71 Å². The van der Waals surface area contributed by atoms with Gasteiger partial charge in [0.2, 0.25) is 0 Å². The molecule has 1 unspecified atom stereocenters. The molecule has 0 aromatic carbocycles. The Bertz CT molecular complexity index is 61.5. The summed E-state index contributed by atoms with van der Waals surface area (Å²) in [6, 6.07) is 0. The van der Waals surface area contributed by atoms with Gasteiger partial charge in [0.05, 0.1) is 0 Å². The number of halogens is 1. The summed E-state index contributed by atoms with van der Waals surface area (Å²) in [6.07, 6.45) is 0.918. The van der Waals surface area contributed by atoms with Crippen LogP contribution >= 0.6 is 0 Å². The zero-order valence-corrected chi connectivity index (χ0v) is 5.95. The first-order chi connectivity index (χ1) is 3.62. The Morgan fingerprint density at radius 1 is 1.38 bits per heavy atom. The van der Waals surface area contributed by atoms with Gasteiger partial charge < -0.3 is 0 Å². The molecule has 0 aliphatic heterocycles. The fraction of sp³-hybridized carbons (Fsp3) is 1.00. The van der Waals surface area contributed by atoms with Gasteiger partial charge in [-0.05, 0) is 17.8 Å². The van der Waals surface area contributed by atoms with Gasteiger partial charge in [0.1, 0.15) is 20.1 Å². The molecule has 0 aliphatic rings. The zero-order chi connectivity index (χ0) is 6.62. The second kappa shape index (κ2) is 3.02. The van der Waals surface area contributed by atoms with Gasteiger partial charge in [0.15, 0.2) is 0 Å². The summed E-state index contributed by atoms with van der Waals surface area (Å²) >= 11 is 0. The Hall–Kier alpha value is -0.110. The van der Waals surface area contributed by atoms with Crippen LogP contribution in [0.1, 0.15) is 20.3 Å². The Morgan fingerprint density at radius 2 is 1.88 bits per heavy atom. The van der Waals surface area contributed by atoms with Crippen molar-refractivity contribution in [2.45, 2.75) is 20.3 Å². The monoisotopic (exact) mass is 120 g/mol. The average molecular weight is 120 g/mol. The van der Waals surface area contributed by atoms with E-state index in [4.69, 9.17) is 0 Å². The molecule has 0 saturated heterocycles. The van der Waals surface area contributed by atoms with Crippen LogP contribution in [0.15, 0.2) is 0 Å². The van der Waals surface area contributed by atoms with Gasteiger partial charge in [-0.25, -0.2) is 0 Å². The topological polar surface area (TPSA) is 0 Å². The highest BCUT2D eigenvalue weighted by Gasteiger charge is 2.15. The molecule has 8 heavy (non-hydrogen) atoms. The highest BCUT2D eigenvalue weighted by Crippen LogP contribution is 2.02. The third-order valence-corrected chi connectivity index (χ3v) is 1.35. The van der Waals surface area contributed by atoms with Gasteiger partial charge in [-0.2, -0.15) is 0 Å². The van der Waals surface area contributed by atoms with Crippen molar-refractivity contribution in [1.29, 1.82) is 0 Å². The summed E-state index contributed by atoms with van der Waals surface area (Å²) in [5, 5.41) is 0. The standard InChI is InChI=1S/C6H15FN/c1-4-6-8(3,7)5-2/h4-6H2,1-3H3/q+1. The second-order valence-electron chi connectivity index (χ2n) is 2.30. The van der Waals surface area contributed by atoms with E-state index >= 15 is 0 Å². The van der Waals surface area contributed by atoms with Crippen LogP contribution in [0.2, 0.25) is 0 Å². The first-order valence-corrected chi connectivity index (χ1v) is 3.16. The van der Waals surface area contributed by atoms with E-state index in [1.807, 2.05) is 13.8 Å². The van der Waals surface area contributed by atoms with E-state index in [1.54, 1.807) is 7.05 Å². The number of quaternary nitrogens is 1. The molecule has 1 atom stereocenters. The van der Waals surface area contributed by atoms with Gasteiger partial charge in [0, 0.05) is 0 Å². The van der Waals surface area contributed by atoms with Crippen LogP contribution in [0.25, 0.3) is 0 Å². The average Bonchev–Trinajstić information content (AvgIpc) is 1.67. The molecule has 1 nitrogen and oxygen atoms in total. The van der Waals surface area contributed by atoms with Crippen LogP contribution in [-0.2, 0) is 0 Å². The fourth-order valence-electron chi connectivity index (χ4n) is 0.624. The maximum atomic E-state index is 12.8. The lowest BCUT2D eigenvalue weighted by Crippen LogP contribution is -2.34. The highest BCUT2D eigenvalue weighted by molar-refractivity contribution is 4.21. The van der Waals surface area contributed by atoms with E-state index in [9.17, 15) is 4.48 Å². The molecular weight excluding hydrogens is 105 g/mol. The molecule has 2 heteroatoms. The summed E-state index contributed by atoms with van der Waals surface area (Å²) in [6.45, 7) is 5.06. The largest absolute Gasteiger partial charge is 0.133 e. The Kier molecular flexibility index (Phi) is 2.98. The summed E-state index contributed by atoms with van der Waals surface area (Å²) < 4.78 is 12.4. The van der Waals surface area contributed by atoms with Crippen molar-refractivity contribution >= 4 is 0 Å². The maximum Gasteiger partial charge on any atom is 0.114 e. The lowest BCUT2D eigenvalue weighted by Gasteiger charge is -2.17. The molecule has 0 radical (unpaired) electrons. The van der Waals surface area contributed by atoms with Crippen LogP contribution in [0.4, 0.5) is 4.48 Å². The number of rotatable bonds is 3. The van der Waals surface area contributed by atoms with Crippen LogP contribution in [-0.4, -0.2) is 24.8 Å². The molecule has 0 aromatic rings. The molecule has 0 N–H and O–H groups in total.